The summed E-state index contributed by atoms with van der Waals surface area (Å²) in [6.07, 6.45) is 1.47. The van der Waals surface area contributed by atoms with Crippen molar-refractivity contribution in [2.75, 3.05) is 17.7 Å². The van der Waals surface area contributed by atoms with Crippen molar-refractivity contribution in [3.8, 4) is 5.75 Å². The Bertz CT molecular complexity index is 607. The van der Waals surface area contributed by atoms with E-state index in [0.29, 0.717) is 15.7 Å². The molecule has 2 aromatic rings. The van der Waals surface area contributed by atoms with E-state index in [4.69, 9.17) is 23.2 Å². The maximum atomic E-state index is 11.9. The fraction of sp³-hybridized carbons (Fsp3) is 0.0909. The molecule has 0 saturated carbocycles. The van der Waals surface area contributed by atoms with Crippen LogP contribution in [0.15, 0.2) is 18.3 Å². The van der Waals surface area contributed by atoms with Gasteiger partial charge in [-0.05, 0) is 12.1 Å². The summed E-state index contributed by atoms with van der Waals surface area (Å²) in [4.78, 5) is 16.4. The number of hydrogen-bond acceptors (Lipinski definition) is 5. The number of hydrogen-bond donors (Lipinski definition) is 3. The lowest BCUT2D eigenvalue weighted by atomic mass is 10.3. The number of nitrogens with one attached hydrogen (secondary N) is 2. The molecule has 8 heteroatoms. The van der Waals surface area contributed by atoms with E-state index in [1.165, 1.54) is 29.7 Å². The van der Waals surface area contributed by atoms with Crippen LogP contribution in [0.3, 0.4) is 0 Å². The van der Waals surface area contributed by atoms with Gasteiger partial charge in [0.25, 0.3) is 5.91 Å². The maximum Gasteiger partial charge on any atom is 0.267 e. The van der Waals surface area contributed by atoms with E-state index in [1.54, 1.807) is 7.05 Å². The summed E-state index contributed by atoms with van der Waals surface area (Å²) >= 11 is 12.8. The zero-order valence-electron chi connectivity index (χ0n) is 9.70. The van der Waals surface area contributed by atoms with E-state index in [9.17, 15) is 9.90 Å². The van der Waals surface area contributed by atoms with Crippen LogP contribution in [-0.4, -0.2) is 23.0 Å². The summed E-state index contributed by atoms with van der Waals surface area (Å²) in [6, 6.07) is 2.83. The highest BCUT2D eigenvalue weighted by atomic mass is 35.5. The van der Waals surface area contributed by atoms with Crippen molar-refractivity contribution in [3.05, 3.63) is 33.3 Å². The van der Waals surface area contributed by atoms with Crippen LogP contribution in [0, 0.1) is 0 Å². The standard InChI is InChI=1S/C11H9Cl2N3O2S/c1-14-11-15-4-8(19-11)10(18)16-5-2-6(12)9(17)7(13)3-5/h2-4,17H,1H3,(H,14,15)(H,16,18). The van der Waals surface area contributed by atoms with Crippen molar-refractivity contribution < 1.29 is 9.90 Å². The number of amides is 1. The Morgan fingerprint density at radius 3 is 2.53 bits per heavy atom. The number of nitrogens with zero attached hydrogens (tertiary/aromatic N) is 1. The lowest BCUT2D eigenvalue weighted by molar-refractivity contribution is 0.103. The number of halogens is 2. The van der Waals surface area contributed by atoms with Gasteiger partial charge in [0.2, 0.25) is 0 Å². The lowest BCUT2D eigenvalue weighted by Gasteiger charge is -2.06. The molecule has 1 amide bonds. The number of rotatable bonds is 3. The number of aromatic hydroxyl groups is 1. The van der Waals surface area contributed by atoms with Crippen LogP contribution >= 0.6 is 34.5 Å². The molecule has 0 spiro atoms. The van der Waals surface area contributed by atoms with Crippen molar-refractivity contribution in [1.29, 1.82) is 0 Å². The van der Waals surface area contributed by atoms with E-state index >= 15 is 0 Å². The topological polar surface area (TPSA) is 74.2 Å². The lowest BCUT2D eigenvalue weighted by Crippen LogP contribution is -2.10. The Kier molecular flexibility index (Phi) is 4.14. The summed E-state index contributed by atoms with van der Waals surface area (Å²) in [5.74, 6) is -0.534. The average Bonchev–Trinajstić information content (AvgIpc) is 2.84. The second-order valence-corrected chi connectivity index (χ2v) is 5.37. The highest BCUT2D eigenvalue weighted by Gasteiger charge is 2.13. The number of carbonyl (C=O) groups is 1. The summed E-state index contributed by atoms with van der Waals surface area (Å²) in [7, 11) is 1.72. The second kappa shape index (κ2) is 5.64. The fourth-order valence-electron chi connectivity index (χ4n) is 1.33. The van der Waals surface area contributed by atoms with E-state index in [1.807, 2.05) is 0 Å². The van der Waals surface area contributed by atoms with Gasteiger partial charge in [0.05, 0.1) is 16.2 Å². The van der Waals surface area contributed by atoms with Crippen molar-refractivity contribution in [2.45, 2.75) is 0 Å². The van der Waals surface area contributed by atoms with Crippen LogP contribution in [0.25, 0.3) is 0 Å². The first kappa shape index (κ1) is 13.9. The Morgan fingerprint density at radius 2 is 2.00 bits per heavy atom. The Labute approximate surface area is 123 Å². The predicted octanol–water partition coefficient (Wildman–Crippen LogP) is 3.45. The molecular weight excluding hydrogens is 309 g/mol. The predicted molar refractivity (Wildman–Crippen MR) is 77.7 cm³/mol. The van der Waals surface area contributed by atoms with E-state index in [-0.39, 0.29) is 21.7 Å². The number of thiazole rings is 1. The molecule has 0 aliphatic heterocycles. The van der Waals surface area contributed by atoms with Gasteiger partial charge in [0.1, 0.15) is 4.88 Å². The molecule has 0 fully saturated rings. The molecule has 0 bridgehead atoms. The fourth-order valence-corrected chi connectivity index (χ4v) is 2.48. The van der Waals surface area contributed by atoms with Gasteiger partial charge in [-0.25, -0.2) is 4.98 Å². The van der Waals surface area contributed by atoms with Gasteiger partial charge >= 0.3 is 0 Å². The summed E-state index contributed by atoms with van der Waals surface area (Å²) in [5.41, 5.74) is 0.400. The molecule has 0 atom stereocenters. The molecule has 3 N–H and O–H groups in total. The first-order chi connectivity index (χ1) is 9.01. The van der Waals surface area contributed by atoms with Crippen molar-refractivity contribution >= 4 is 51.3 Å². The largest absolute Gasteiger partial charge is 0.505 e. The third-order valence-corrected chi connectivity index (χ3v) is 3.81. The van der Waals surface area contributed by atoms with E-state index in [2.05, 4.69) is 15.6 Å². The number of carbonyl (C=O) groups excluding carboxylic acids is 1. The van der Waals surface area contributed by atoms with Gasteiger partial charge in [0, 0.05) is 12.7 Å². The van der Waals surface area contributed by atoms with Gasteiger partial charge < -0.3 is 15.7 Å². The van der Waals surface area contributed by atoms with Crippen LogP contribution < -0.4 is 10.6 Å². The monoisotopic (exact) mass is 317 g/mol. The third kappa shape index (κ3) is 3.09. The first-order valence-corrected chi connectivity index (χ1v) is 6.71. The average molecular weight is 318 g/mol. The quantitative estimate of drug-likeness (QED) is 0.758. The Morgan fingerprint density at radius 1 is 1.37 bits per heavy atom. The van der Waals surface area contributed by atoms with Crippen molar-refractivity contribution in [1.82, 2.24) is 4.98 Å². The van der Waals surface area contributed by atoms with Gasteiger partial charge in [-0.15, -0.1) is 0 Å². The molecule has 1 aromatic heterocycles. The summed E-state index contributed by atoms with van der Waals surface area (Å²) in [5, 5.41) is 15.7. The van der Waals surface area contributed by atoms with Crippen LogP contribution in [0.1, 0.15) is 9.67 Å². The SMILES string of the molecule is CNc1ncc(C(=O)Nc2cc(Cl)c(O)c(Cl)c2)s1. The first-order valence-electron chi connectivity index (χ1n) is 5.14. The number of anilines is 2. The number of benzene rings is 1. The normalized spacial score (nSPS) is 10.3. The highest BCUT2D eigenvalue weighted by molar-refractivity contribution is 7.17. The van der Waals surface area contributed by atoms with Gasteiger partial charge in [-0.3, -0.25) is 4.79 Å². The minimum atomic E-state index is -0.322. The van der Waals surface area contributed by atoms with Crippen LogP contribution in [0.5, 0.6) is 5.75 Å². The summed E-state index contributed by atoms with van der Waals surface area (Å²) < 4.78 is 0. The van der Waals surface area contributed by atoms with Crippen LogP contribution in [0.4, 0.5) is 10.8 Å². The zero-order valence-corrected chi connectivity index (χ0v) is 12.0. The van der Waals surface area contributed by atoms with Crippen LogP contribution in [-0.2, 0) is 0 Å². The molecule has 0 radical (unpaired) electrons. The number of phenolic OH excluding ortho intramolecular Hbond substituents is 1. The molecule has 1 aromatic carbocycles. The van der Waals surface area contributed by atoms with E-state index < -0.39 is 0 Å². The smallest absolute Gasteiger partial charge is 0.267 e. The minimum Gasteiger partial charge on any atom is -0.505 e. The molecular formula is C11H9Cl2N3O2S. The molecule has 2 rings (SSSR count). The molecule has 0 unspecified atom stereocenters. The highest BCUT2D eigenvalue weighted by Crippen LogP contribution is 2.34. The van der Waals surface area contributed by atoms with Gasteiger partial charge in [-0.1, -0.05) is 34.5 Å². The number of phenols is 1. The van der Waals surface area contributed by atoms with Crippen molar-refractivity contribution in [2.24, 2.45) is 0 Å². The third-order valence-electron chi connectivity index (χ3n) is 2.22. The molecule has 5 nitrogen and oxygen atoms in total. The molecule has 100 valence electrons. The molecule has 19 heavy (non-hydrogen) atoms. The van der Waals surface area contributed by atoms with Gasteiger partial charge in [-0.2, -0.15) is 0 Å². The molecule has 0 saturated heterocycles. The number of aromatic nitrogens is 1. The van der Waals surface area contributed by atoms with Crippen molar-refractivity contribution in [3.63, 3.8) is 0 Å². The maximum absolute atomic E-state index is 11.9. The Balaban J connectivity index is 2.19. The van der Waals surface area contributed by atoms with E-state index in [0.717, 1.165) is 0 Å². The summed E-state index contributed by atoms with van der Waals surface area (Å²) in [6.45, 7) is 0. The Hall–Kier alpha value is -1.50. The molecule has 0 aliphatic carbocycles. The molecule has 0 aliphatic rings. The minimum absolute atomic E-state index is 0.0722. The zero-order chi connectivity index (χ0) is 14.0. The van der Waals surface area contributed by atoms with Gasteiger partial charge in [0.15, 0.2) is 10.9 Å². The second-order valence-electron chi connectivity index (χ2n) is 3.52. The molecule has 1 heterocycles. The van der Waals surface area contributed by atoms with Crippen LogP contribution in [0.2, 0.25) is 10.0 Å².